The highest BCUT2D eigenvalue weighted by Crippen LogP contribution is 2.21. The number of aryl methyl sites for hydroxylation is 1. The second kappa shape index (κ2) is 12.6. The number of hydrogen-bond acceptors (Lipinski definition) is 3. The molecule has 0 saturated heterocycles. The van der Waals surface area contributed by atoms with Crippen LogP contribution in [0.4, 0.5) is 4.39 Å². The van der Waals surface area contributed by atoms with Gasteiger partial charge in [-0.25, -0.2) is 4.39 Å². The van der Waals surface area contributed by atoms with Crippen LogP contribution in [0.2, 0.25) is 6.04 Å². The fourth-order valence-electron chi connectivity index (χ4n) is 2.44. The lowest BCUT2D eigenvalue weighted by Crippen LogP contribution is -2.46. The summed E-state index contributed by atoms with van der Waals surface area (Å²) in [5.74, 6) is -0.181. The highest BCUT2D eigenvalue weighted by molar-refractivity contribution is 6.60. The summed E-state index contributed by atoms with van der Waals surface area (Å²) in [6.45, 7) is 8.39. The van der Waals surface area contributed by atoms with E-state index in [0.717, 1.165) is 44.6 Å². The Morgan fingerprint density at radius 3 is 1.75 bits per heavy atom. The van der Waals surface area contributed by atoms with Crippen molar-refractivity contribution in [2.75, 3.05) is 19.8 Å². The van der Waals surface area contributed by atoms with Crippen LogP contribution >= 0.6 is 0 Å². The maximum atomic E-state index is 12.9. The van der Waals surface area contributed by atoms with Crippen molar-refractivity contribution >= 4 is 8.80 Å². The minimum atomic E-state index is -2.57. The van der Waals surface area contributed by atoms with E-state index in [1.54, 1.807) is 0 Å². The normalized spacial score (nSPS) is 11.8. The number of halogens is 1. The van der Waals surface area contributed by atoms with Gasteiger partial charge in [0.2, 0.25) is 0 Å². The second-order valence-electron chi connectivity index (χ2n) is 6.06. The molecule has 0 saturated carbocycles. The molecule has 0 atom stereocenters. The first-order valence-electron chi connectivity index (χ1n) is 9.32. The van der Waals surface area contributed by atoms with Gasteiger partial charge in [-0.15, -0.1) is 0 Å². The third-order valence-electron chi connectivity index (χ3n) is 3.69. The Hall–Kier alpha value is -0.753. The van der Waals surface area contributed by atoms with Gasteiger partial charge in [0, 0.05) is 25.9 Å². The first-order chi connectivity index (χ1) is 11.7. The fraction of sp³-hybridized carbons (Fsp3) is 0.684. The minimum Gasteiger partial charge on any atom is -0.373 e. The molecule has 5 heteroatoms. The third kappa shape index (κ3) is 8.38. The third-order valence-corrected chi connectivity index (χ3v) is 6.59. The molecule has 3 nitrogen and oxygen atoms in total. The molecule has 138 valence electrons. The molecule has 0 amide bonds. The average Bonchev–Trinajstić information content (AvgIpc) is 2.61. The molecular weight excluding hydrogens is 323 g/mol. The van der Waals surface area contributed by atoms with Crippen LogP contribution in [0.15, 0.2) is 24.3 Å². The van der Waals surface area contributed by atoms with Gasteiger partial charge < -0.3 is 13.3 Å². The number of benzene rings is 1. The predicted molar refractivity (Wildman–Crippen MR) is 98.6 cm³/mol. The van der Waals surface area contributed by atoms with Crippen molar-refractivity contribution in [2.45, 2.75) is 65.3 Å². The molecule has 0 N–H and O–H groups in total. The number of unbranched alkanes of at least 4 members (excludes halogenated alkanes) is 1. The lowest BCUT2D eigenvalue weighted by molar-refractivity contribution is 0.0586. The zero-order valence-corrected chi connectivity index (χ0v) is 16.5. The summed E-state index contributed by atoms with van der Waals surface area (Å²) >= 11 is 0. The van der Waals surface area contributed by atoms with Gasteiger partial charge in [0.15, 0.2) is 0 Å². The summed E-state index contributed by atoms with van der Waals surface area (Å²) < 4.78 is 31.2. The lowest BCUT2D eigenvalue weighted by atomic mass is 10.1. The SMILES string of the molecule is CCCO[Si](CCCCc1ccc(F)cc1)(OCCC)OCCC. The Morgan fingerprint density at radius 1 is 0.792 bits per heavy atom. The quantitative estimate of drug-likeness (QED) is 0.331. The van der Waals surface area contributed by atoms with Gasteiger partial charge in [-0.3, -0.25) is 0 Å². The van der Waals surface area contributed by atoms with Gasteiger partial charge in [-0.05, 0) is 56.2 Å². The van der Waals surface area contributed by atoms with E-state index in [-0.39, 0.29) is 5.82 Å². The highest BCUT2D eigenvalue weighted by Gasteiger charge is 2.40. The van der Waals surface area contributed by atoms with Crippen molar-refractivity contribution in [2.24, 2.45) is 0 Å². The van der Waals surface area contributed by atoms with Gasteiger partial charge in [0.05, 0.1) is 0 Å². The maximum Gasteiger partial charge on any atom is 0.500 e. The van der Waals surface area contributed by atoms with E-state index in [9.17, 15) is 4.39 Å². The topological polar surface area (TPSA) is 27.7 Å². The van der Waals surface area contributed by atoms with Gasteiger partial charge in [0.25, 0.3) is 0 Å². The van der Waals surface area contributed by atoms with Crippen molar-refractivity contribution in [3.8, 4) is 0 Å². The van der Waals surface area contributed by atoms with Gasteiger partial charge in [-0.1, -0.05) is 32.9 Å². The number of hydrogen-bond donors (Lipinski definition) is 0. The molecule has 1 rings (SSSR count). The van der Waals surface area contributed by atoms with Crippen LogP contribution in [-0.2, 0) is 19.7 Å². The molecule has 1 aromatic rings. The largest absolute Gasteiger partial charge is 0.500 e. The van der Waals surface area contributed by atoms with Crippen LogP contribution < -0.4 is 0 Å². The predicted octanol–water partition coefficient (Wildman–Crippen LogP) is 5.37. The van der Waals surface area contributed by atoms with E-state index in [4.69, 9.17) is 13.3 Å². The van der Waals surface area contributed by atoms with E-state index in [1.807, 2.05) is 12.1 Å². The fourth-order valence-corrected chi connectivity index (χ4v) is 5.35. The Morgan fingerprint density at radius 2 is 1.29 bits per heavy atom. The summed E-state index contributed by atoms with van der Waals surface area (Å²) in [7, 11) is -2.57. The molecule has 0 bridgehead atoms. The number of rotatable bonds is 14. The molecule has 24 heavy (non-hydrogen) atoms. The molecule has 0 radical (unpaired) electrons. The Bertz CT molecular complexity index is 403. The van der Waals surface area contributed by atoms with Crippen molar-refractivity contribution in [1.82, 2.24) is 0 Å². The van der Waals surface area contributed by atoms with Crippen molar-refractivity contribution < 1.29 is 17.7 Å². The molecular formula is C19H33FO3Si. The van der Waals surface area contributed by atoms with E-state index in [0.29, 0.717) is 19.8 Å². The van der Waals surface area contributed by atoms with Crippen LogP contribution in [-0.4, -0.2) is 28.6 Å². The average molecular weight is 357 g/mol. The zero-order chi connectivity index (χ0) is 17.7. The molecule has 0 aliphatic rings. The Kier molecular flexibility index (Phi) is 11.2. The summed E-state index contributed by atoms with van der Waals surface area (Å²) in [5.41, 5.74) is 1.17. The van der Waals surface area contributed by atoms with Gasteiger partial charge in [-0.2, -0.15) is 0 Å². The smallest absolute Gasteiger partial charge is 0.373 e. The molecule has 0 fully saturated rings. The van der Waals surface area contributed by atoms with Crippen LogP contribution in [0.5, 0.6) is 0 Å². The maximum absolute atomic E-state index is 12.9. The first kappa shape index (κ1) is 21.3. The first-order valence-corrected chi connectivity index (χ1v) is 11.2. The van der Waals surface area contributed by atoms with E-state index in [1.165, 1.54) is 17.7 Å². The van der Waals surface area contributed by atoms with Gasteiger partial charge in [0.1, 0.15) is 5.82 Å². The van der Waals surface area contributed by atoms with E-state index < -0.39 is 8.80 Å². The summed E-state index contributed by atoms with van der Waals surface area (Å²) in [4.78, 5) is 0. The Balaban J connectivity index is 2.52. The molecule has 0 aliphatic heterocycles. The molecule has 0 aliphatic carbocycles. The monoisotopic (exact) mass is 356 g/mol. The van der Waals surface area contributed by atoms with E-state index in [2.05, 4.69) is 20.8 Å². The highest BCUT2D eigenvalue weighted by atomic mass is 28.4. The van der Waals surface area contributed by atoms with Crippen molar-refractivity contribution in [1.29, 1.82) is 0 Å². The molecule has 0 unspecified atom stereocenters. The van der Waals surface area contributed by atoms with Crippen LogP contribution in [0.1, 0.15) is 58.4 Å². The molecule has 0 heterocycles. The van der Waals surface area contributed by atoms with Crippen LogP contribution in [0, 0.1) is 5.82 Å². The zero-order valence-electron chi connectivity index (χ0n) is 15.5. The van der Waals surface area contributed by atoms with Crippen molar-refractivity contribution in [3.05, 3.63) is 35.6 Å². The van der Waals surface area contributed by atoms with Crippen LogP contribution in [0.3, 0.4) is 0 Å². The molecule has 1 aromatic carbocycles. The molecule has 0 spiro atoms. The minimum absolute atomic E-state index is 0.181. The van der Waals surface area contributed by atoms with Gasteiger partial charge >= 0.3 is 8.80 Å². The van der Waals surface area contributed by atoms with Crippen LogP contribution in [0.25, 0.3) is 0 Å². The van der Waals surface area contributed by atoms with E-state index >= 15 is 0 Å². The Labute approximate surface area is 147 Å². The lowest BCUT2D eigenvalue weighted by Gasteiger charge is -2.29. The molecule has 0 aromatic heterocycles. The summed E-state index contributed by atoms with van der Waals surface area (Å²) in [5, 5.41) is 0. The summed E-state index contributed by atoms with van der Waals surface area (Å²) in [6.07, 6.45) is 5.88. The van der Waals surface area contributed by atoms with Crippen molar-refractivity contribution in [3.63, 3.8) is 0 Å². The summed E-state index contributed by atoms with van der Waals surface area (Å²) in [6, 6.07) is 7.61. The standard InChI is InChI=1S/C19H33FO3Si/c1-4-14-21-24(22-15-5-2,23-16-6-3)17-8-7-9-18-10-12-19(20)13-11-18/h10-13H,4-9,14-17H2,1-3H3. The second-order valence-corrected chi connectivity index (χ2v) is 8.79.